The van der Waals surface area contributed by atoms with Gasteiger partial charge in [-0.1, -0.05) is 6.92 Å². The molecule has 0 aromatic carbocycles. The van der Waals surface area contributed by atoms with Gasteiger partial charge in [-0.05, 0) is 56.3 Å². The van der Waals surface area contributed by atoms with Crippen molar-refractivity contribution in [3.05, 3.63) is 29.6 Å². The molecule has 0 amide bonds. The smallest absolute Gasteiger partial charge is 0.0315 e. The molecule has 0 aliphatic carbocycles. The van der Waals surface area contributed by atoms with Gasteiger partial charge in [-0.2, -0.15) is 0 Å². The van der Waals surface area contributed by atoms with Crippen molar-refractivity contribution in [2.75, 3.05) is 6.54 Å². The van der Waals surface area contributed by atoms with Gasteiger partial charge in [-0.3, -0.25) is 9.88 Å². The lowest BCUT2D eigenvalue weighted by atomic mass is 9.97. The maximum absolute atomic E-state index is 4.28. The maximum Gasteiger partial charge on any atom is 0.0315 e. The molecule has 1 aromatic rings. The van der Waals surface area contributed by atoms with E-state index in [4.69, 9.17) is 0 Å². The van der Waals surface area contributed by atoms with Gasteiger partial charge in [-0.15, -0.1) is 0 Å². The number of fused-ring (bicyclic) bond motifs is 2. The second-order valence-electron chi connectivity index (χ2n) is 6.13. The van der Waals surface area contributed by atoms with Crippen LogP contribution in [0.5, 0.6) is 0 Å². The quantitative estimate of drug-likeness (QED) is 0.900. The van der Waals surface area contributed by atoms with E-state index in [2.05, 4.69) is 35.1 Å². The maximum atomic E-state index is 4.28. The van der Waals surface area contributed by atoms with Crippen molar-refractivity contribution in [3.63, 3.8) is 0 Å². The fourth-order valence-electron chi connectivity index (χ4n) is 3.71. The molecule has 0 radical (unpaired) electrons. The number of aromatic nitrogens is 1. The van der Waals surface area contributed by atoms with Gasteiger partial charge in [0.25, 0.3) is 0 Å². The first-order chi connectivity index (χ1) is 9.26. The van der Waals surface area contributed by atoms with E-state index in [1.807, 2.05) is 12.4 Å². The number of pyridine rings is 1. The van der Waals surface area contributed by atoms with Crippen LogP contribution in [0, 0.1) is 6.92 Å². The van der Waals surface area contributed by atoms with Crippen molar-refractivity contribution < 1.29 is 0 Å². The van der Waals surface area contributed by atoms with Crippen LogP contribution in [0.25, 0.3) is 0 Å². The van der Waals surface area contributed by atoms with Crippen LogP contribution in [0.15, 0.2) is 18.5 Å². The number of nitrogens with one attached hydrogen (secondary N) is 1. The van der Waals surface area contributed by atoms with Crippen molar-refractivity contribution in [3.8, 4) is 0 Å². The third-order valence-electron chi connectivity index (χ3n) is 4.89. The highest BCUT2D eigenvalue weighted by molar-refractivity contribution is 5.21. The predicted octanol–water partition coefficient (Wildman–Crippen LogP) is 2.49. The monoisotopic (exact) mass is 259 g/mol. The minimum absolute atomic E-state index is 0.753. The lowest BCUT2D eigenvalue weighted by Gasteiger charge is -2.37. The molecule has 2 atom stereocenters. The summed E-state index contributed by atoms with van der Waals surface area (Å²) in [6.45, 7) is 6.67. The average Bonchev–Trinajstić information content (AvgIpc) is 2.76. The number of hydrogen-bond acceptors (Lipinski definition) is 3. The summed E-state index contributed by atoms with van der Waals surface area (Å²) in [5.74, 6) is 0. The Bertz CT molecular complexity index is 420. The fraction of sp³-hybridized carbons (Fsp3) is 0.688. The Morgan fingerprint density at radius 3 is 2.68 bits per heavy atom. The van der Waals surface area contributed by atoms with E-state index in [-0.39, 0.29) is 0 Å². The molecular formula is C16H25N3. The minimum Gasteiger partial charge on any atom is -0.311 e. The average molecular weight is 259 g/mol. The number of piperidine rings is 1. The highest BCUT2D eigenvalue weighted by Crippen LogP contribution is 2.30. The van der Waals surface area contributed by atoms with Crippen LogP contribution in [-0.2, 0) is 6.54 Å². The van der Waals surface area contributed by atoms with E-state index in [9.17, 15) is 0 Å². The summed E-state index contributed by atoms with van der Waals surface area (Å²) in [6, 6.07) is 4.42. The molecular weight excluding hydrogens is 234 g/mol. The molecule has 2 aliphatic rings. The number of hydrogen-bond donors (Lipinski definition) is 1. The third kappa shape index (κ3) is 2.82. The number of nitrogens with zero attached hydrogens (tertiary/aromatic N) is 2. The van der Waals surface area contributed by atoms with E-state index >= 15 is 0 Å². The van der Waals surface area contributed by atoms with Gasteiger partial charge in [0.1, 0.15) is 0 Å². The van der Waals surface area contributed by atoms with Gasteiger partial charge < -0.3 is 5.32 Å². The van der Waals surface area contributed by atoms with E-state index in [0.717, 1.165) is 31.2 Å². The minimum atomic E-state index is 0.753. The molecule has 1 aromatic heterocycles. The molecule has 1 N–H and O–H groups in total. The zero-order valence-corrected chi connectivity index (χ0v) is 12.1. The Hall–Kier alpha value is -0.930. The van der Waals surface area contributed by atoms with Gasteiger partial charge in [0.05, 0.1) is 0 Å². The van der Waals surface area contributed by atoms with Crippen molar-refractivity contribution in [1.29, 1.82) is 0 Å². The van der Waals surface area contributed by atoms with Crippen molar-refractivity contribution >= 4 is 0 Å². The summed E-state index contributed by atoms with van der Waals surface area (Å²) in [4.78, 5) is 6.93. The Labute approximate surface area is 116 Å². The second kappa shape index (κ2) is 5.59. The first-order valence-corrected chi connectivity index (χ1v) is 7.66. The first-order valence-electron chi connectivity index (χ1n) is 7.66. The van der Waals surface area contributed by atoms with Crippen LogP contribution in [0.4, 0.5) is 0 Å². The summed E-state index contributed by atoms with van der Waals surface area (Å²) < 4.78 is 0. The SMILES string of the molecule is CCN(Cc1cnccc1C)C1CC2CCC(C1)N2. The topological polar surface area (TPSA) is 28.2 Å². The van der Waals surface area contributed by atoms with E-state index < -0.39 is 0 Å². The molecule has 0 saturated carbocycles. The lowest BCUT2D eigenvalue weighted by molar-refractivity contribution is 0.140. The molecule has 2 aliphatic heterocycles. The van der Waals surface area contributed by atoms with Gasteiger partial charge in [-0.25, -0.2) is 0 Å². The Morgan fingerprint density at radius 1 is 1.32 bits per heavy atom. The molecule has 3 heteroatoms. The molecule has 3 heterocycles. The lowest BCUT2D eigenvalue weighted by Crippen LogP contribution is -2.48. The molecule has 3 nitrogen and oxygen atoms in total. The predicted molar refractivity (Wildman–Crippen MR) is 78.0 cm³/mol. The van der Waals surface area contributed by atoms with Crippen LogP contribution in [0.2, 0.25) is 0 Å². The Balaban J connectivity index is 1.69. The molecule has 0 spiro atoms. The normalized spacial score (nSPS) is 29.9. The van der Waals surface area contributed by atoms with E-state index in [1.165, 1.54) is 36.8 Å². The van der Waals surface area contributed by atoms with Crippen LogP contribution in [-0.4, -0.2) is 34.6 Å². The highest BCUT2D eigenvalue weighted by Gasteiger charge is 2.35. The second-order valence-corrected chi connectivity index (χ2v) is 6.13. The summed E-state index contributed by atoms with van der Waals surface area (Å²) in [5.41, 5.74) is 2.75. The van der Waals surface area contributed by atoms with Crippen LogP contribution >= 0.6 is 0 Å². The van der Waals surface area contributed by atoms with Gasteiger partial charge in [0, 0.05) is 37.1 Å². The standard InChI is InChI=1S/C16H25N3/c1-3-19(11-13-10-17-7-6-12(13)2)16-8-14-4-5-15(9-16)18-14/h6-7,10,14-16,18H,3-5,8-9,11H2,1-2H3. The zero-order chi connectivity index (χ0) is 13.2. The molecule has 104 valence electrons. The summed E-state index contributed by atoms with van der Waals surface area (Å²) >= 11 is 0. The van der Waals surface area contributed by atoms with Crippen molar-refractivity contribution in [2.45, 2.75) is 64.2 Å². The fourth-order valence-corrected chi connectivity index (χ4v) is 3.71. The number of rotatable bonds is 4. The molecule has 3 rings (SSSR count). The van der Waals surface area contributed by atoms with Crippen LogP contribution in [0.3, 0.4) is 0 Å². The van der Waals surface area contributed by atoms with E-state index in [1.54, 1.807) is 0 Å². The third-order valence-corrected chi connectivity index (χ3v) is 4.89. The van der Waals surface area contributed by atoms with Gasteiger partial charge in [0.2, 0.25) is 0 Å². The Morgan fingerprint density at radius 2 is 2.05 bits per heavy atom. The summed E-state index contributed by atoms with van der Waals surface area (Å²) in [6.07, 6.45) is 9.33. The highest BCUT2D eigenvalue weighted by atomic mass is 15.2. The molecule has 19 heavy (non-hydrogen) atoms. The molecule has 2 saturated heterocycles. The first kappa shape index (κ1) is 13.1. The van der Waals surface area contributed by atoms with Crippen molar-refractivity contribution in [1.82, 2.24) is 15.2 Å². The van der Waals surface area contributed by atoms with Crippen molar-refractivity contribution in [2.24, 2.45) is 0 Å². The summed E-state index contributed by atoms with van der Waals surface area (Å²) in [5, 5.41) is 3.74. The molecule has 2 bridgehead atoms. The molecule has 2 unspecified atom stereocenters. The van der Waals surface area contributed by atoms with Gasteiger partial charge in [0.15, 0.2) is 0 Å². The molecule has 2 fully saturated rings. The number of aryl methyl sites for hydroxylation is 1. The van der Waals surface area contributed by atoms with Crippen LogP contribution < -0.4 is 5.32 Å². The van der Waals surface area contributed by atoms with E-state index in [0.29, 0.717) is 0 Å². The van der Waals surface area contributed by atoms with Crippen LogP contribution in [0.1, 0.15) is 43.7 Å². The largest absolute Gasteiger partial charge is 0.311 e. The zero-order valence-electron chi connectivity index (χ0n) is 12.1. The van der Waals surface area contributed by atoms with Gasteiger partial charge >= 0.3 is 0 Å². The Kier molecular flexibility index (Phi) is 3.85. The summed E-state index contributed by atoms with van der Waals surface area (Å²) in [7, 11) is 0.